The fourth-order valence-corrected chi connectivity index (χ4v) is 3.55. The van der Waals surface area contributed by atoms with E-state index in [-0.39, 0.29) is 17.7 Å². The molecule has 2 amide bonds. The van der Waals surface area contributed by atoms with Gasteiger partial charge in [-0.3, -0.25) is 9.59 Å². The molecule has 1 aliphatic carbocycles. The third kappa shape index (κ3) is 4.94. The Labute approximate surface area is 182 Å². The highest BCUT2D eigenvalue weighted by Crippen LogP contribution is 2.33. The van der Waals surface area contributed by atoms with Crippen molar-refractivity contribution in [1.82, 2.24) is 5.32 Å². The minimum absolute atomic E-state index is 0.0705. The molecule has 5 heteroatoms. The largest absolute Gasteiger partial charge is 0.491 e. The summed E-state index contributed by atoms with van der Waals surface area (Å²) in [5.41, 5.74) is 3.22. The van der Waals surface area contributed by atoms with Crippen molar-refractivity contribution in [2.24, 2.45) is 5.92 Å². The van der Waals surface area contributed by atoms with Gasteiger partial charge in [0.25, 0.3) is 5.91 Å². The number of ether oxygens (including phenoxy) is 1. The number of hydrogen-bond donors (Lipinski definition) is 1. The standard InChI is InChI=1S/C26H26N2O3/c1-28(26(30)20-15-16-20)23-13-7-5-12-22(23)25(29)27-17-18-31-24-14-8-6-11-21(24)19-9-3-2-4-10-19/h2-14,20H,15-18H2,1H3,(H,27,29). The van der Waals surface area contributed by atoms with E-state index in [0.717, 1.165) is 29.7 Å². The molecule has 31 heavy (non-hydrogen) atoms. The molecule has 0 atom stereocenters. The minimum Gasteiger partial charge on any atom is -0.491 e. The lowest BCUT2D eigenvalue weighted by Gasteiger charge is -2.20. The lowest BCUT2D eigenvalue weighted by molar-refractivity contribution is -0.119. The molecule has 0 heterocycles. The van der Waals surface area contributed by atoms with Crippen LogP contribution >= 0.6 is 0 Å². The van der Waals surface area contributed by atoms with Crippen molar-refractivity contribution in [3.63, 3.8) is 0 Å². The molecule has 4 rings (SSSR count). The maximum atomic E-state index is 12.8. The number of para-hydroxylation sites is 2. The van der Waals surface area contributed by atoms with E-state index in [4.69, 9.17) is 4.74 Å². The number of amides is 2. The van der Waals surface area contributed by atoms with Gasteiger partial charge in [-0.05, 0) is 36.6 Å². The zero-order chi connectivity index (χ0) is 21.6. The van der Waals surface area contributed by atoms with E-state index in [9.17, 15) is 9.59 Å². The molecule has 0 aliphatic heterocycles. The average Bonchev–Trinajstić information content (AvgIpc) is 3.67. The van der Waals surface area contributed by atoms with Crippen molar-refractivity contribution in [3.8, 4) is 16.9 Å². The van der Waals surface area contributed by atoms with Crippen LogP contribution in [0.3, 0.4) is 0 Å². The monoisotopic (exact) mass is 414 g/mol. The van der Waals surface area contributed by atoms with Crippen LogP contribution in [0.15, 0.2) is 78.9 Å². The molecule has 1 N–H and O–H groups in total. The number of nitrogens with one attached hydrogen (secondary N) is 1. The third-order valence-corrected chi connectivity index (χ3v) is 5.38. The summed E-state index contributed by atoms with van der Waals surface area (Å²) in [7, 11) is 1.73. The van der Waals surface area contributed by atoms with Gasteiger partial charge in [-0.1, -0.05) is 60.7 Å². The summed E-state index contributed by atoms with van der Waals surface area (Å²) < 4.78 is 5.95. The Morgan fingerprint density at radius 1 is 0.935 bits per heavy atom. The number of benzene rings is 3. The molecule has 1 fully saturated rings. The summed E-state index contributed by atoms with van der Waals surface area (Å²) in [6, 6.07) is 25.1. The molecule has 0 saturated heterocycles. The van der Waals surface area contributed by atoms with Crippen molar-refractivity contribution in [2.45, 2.75) is 12.8 Å². The first-order valence-corrected chi connectivity index (χ1v) is 10.6. The van der Waals surface area contributed by atoms with Crippen LogP contribution in [0.1, 0.15) is 23.2 Å². The van der Waals surface area contributed by atoms with Crippen LogP contribution in [0.4, 0.5) is 5.69 Å². The van der Waals surface area contributed by atoms with Gasteiger partial charge in [0.2, 0.25) is 5.91 Å². The molecular formula is C26H26N2O3. The Kier molecular flexibility index (Phi) is 6.32. The van der Waals surface area contributed by atoms with Crippen LogP contribution in [0.25, 0.3) is 11.1 Å². The van der Waals surface area contributed by atoms with Gasteiger partial charge in [0.05, 0.1) is 17.8 Å². The quantitative estimate of drug-likeness (QED) is 0.551. The van der Waals surface area contributed by atoms with E-state index < -0.39 is 0 Å². The molecular weight excluding hydrogens is 388 g/mol. The summed E-state index contributed by atoms with van der Waals surface area (Å²) in [5.74, 6) is 0.726. The highest BCUT2D eigenvalue weighted by molar-refractivity contribution is 6.05. The predicted molar refractivity (Wildman–Crippen MR) is 122 cm³/mol. The van der Waals surface area contributed by atoms with E-state index in [2.05, 4.69) is 5.32 Å². The van der Waals surface area contributed by atoms with Crippen molar-refractivity contribution in [2.75, 3.05) is 25.1 Å². The molecule has 0 spiro atoms. The number of rotatable bonds is 8. The highest BCUT2D eigenvalue weighted by Gasteiger charge is 2.33. The van der Waals surface area contributed by atoms with E-state index in [1.807, 2.05) is 66.7 Å². The van der Waals surface area contributed by atoms with Crippen molar-refractivity contribution < 1.29 is 14.3 Å². The molecule has 1 saturated carbocycles. The second-order valence-electron chi connectivity index (χ2n) is 7.66. The lowest BCUT2D eigenvalue weighted by atomic mass is 10.1. The molecule has 0 unspecified atom stereocenters. The summed E-state index contributed by atoms with van der Waals surface area (Å²) >= 11 is 0. The fourth-order valence-electron chi connectivity index (χ4n) is 3.55. The van der Waals surface area contributed by atoms with Gasteiger partial charge >= 0.3 is 0 Å². The van der Waals surface area contributed by atoms with Gasteiger partial charge in [-0.15, -0.1) is 0 Å². The highest BCUT2D eigenvalue weighted by atomic mass is 16.5. The summed E-state index contributed by atoms with van der Waals surface area (Å²) in [5, 5.41) is 2.91. The molecule has 0 radical (unpaired) electrons. The second-order valence-corrected chi connectivity index (χ2v) is 7.66. The minimum atomic E-state index is -0.217. The lowest BCUT2D eigenvalue weighted by Crippen LogP contribution is -2.33. The Balaban J connectivity index is 1.36. The maximum Gasteiger partial charge on any atom is 0.253 e. The predicted octanol–water partition coefficient (Wildman–Crippen LogP) is 4.54. The number of carbonyl (C=O) groups excluding carboxylic acids is 2. The van der Waals surface area contributed by atoms with Crippen molar-refractivity contribution in [3.05, 3.63) is 84.4 Å². The molecule has 0 aromatic heterocycles. The fraction of sp³-hybridized carbons (Fsp3) is 0.231. The van der Waals surface area contributed by atoms with E-state index in [1.165, 1.54) is 0 Å². The molecule has 158 valence electrons. The number of nitrogens with zero attached hydrogens (tertiary/aromatic N) is 1. The average molecular weight is 415 g/mol. The molecule has 0 bridgehead atoms. The van der Waals surface area contributed by atoms with Crippen molar-refractivity contribution in [1.29, 1.82) is 0 Å². The second kappa shape index (κ2) is 9.47. The Morgan fingerprint density at radius 3 is 2.39 bits per heavy atom. The van der Waals surface area contributed by atoms with E-state index in [1.54, 1.807) is 24.1 Å². The molecule has 1 aliphatic rings. The number of carbonyl (C=O) groups is 2. The van der Waals surface area contributed by atoms with Gasteiger partial charge in [0.15, 0.2) is 0 Å². The Hall–Kier alpha value is -3.60. The summed E-state index contributed by atoms with van der Waals surface area (Å²) in [4.78, 5) is 26.8. The van der Waals surface area contributed by atoms with Crippen LogP contribution < -0.4 is 15.0 Å². The number of anilines is 1. The van der Waals surface area contributed by atoms with E-state index >= 15 is 0 Å². The zero-order valence-electron chi connectivity index (χ0n) is 17.6. The maximum absolute atomic E-state index is 12.8. The van der Waals surface area contributed by atoms with Crippen LogP contribution in [0.2, 0.25) is 0 Å². The van der Waals surface area contributed by atoms with Crippen LogP contribution in [-0.2, 0) is 4.79 Å². The first-order chi connectivity index (χ1) is 15.1. The van der Waals surface area contributed by atoms with Crippen molar-refractivity contribution >= 4 is 17.5 Å². The Bertz CT molecular complexity index is 1060. The van der Waals surface area contributed by atoms with Gasteiger partial charge in [0, 0.05) is 18.5 Å². The van der Waals surface area contributed by atoms with Gasteiger partial charge in [0.1, 0.15) is 12.4 Å². The van der Waals surface area contributed by atoms with Crippen LogP contribution in [0.5, 0.6) is 5.75 Å². The summed E-state index contributed by atoms with van der Waals surface area (Å²) in [6.07, 6.45) is 1.86. The number of hydrogen-bond acceptors (Lipinski definition) is 3. The smallest absolute Gasteiger partial charge is 0.253 e. The molecule has 5 nitrogen and oxygen atoms in total. The van der Waals surface area contributed by atoms with Gasteiger partial charge < -0.3 is 15.0 Å². The molecule has 3 aromatic rings. The SMILES string of the molecule is CN(C(=O)C1CC1)c1ccccc1C(=O)NCCOc1ccccc1-c1ccccc1. The first kappa shape index (κ1) is 20.7. The first-order valence-electron chi connectivity index (χ1n) is 10.6. The Morgan fingerprint density at radius 2 is 1.61 bits per heavy atom. The van der Waals surface area contributed by atoms with Crippen LogP contribution in [0, 0.1) is 5.92 Å². The zero-order valence-corrected chi connectivity index (χ0v) is 17.6. The van der Waals surface area contributed by atoms with Crippen LogP contribution in [-0.4, -0.2) is 32.0 Å². The topological polar surface area (TPSA) is 58.6 Å². The van der Waals surface area contributed by atoms with Gasteiger partial charge in [-0.25, -0.2) is 0 Å². The van der Waals surface area contributed by atoms with E-state index in [0.29, 0.717) is 24.4 Å². The van der Waals surface area contributed by atoms with Gasteiger partial charge in [-0.2, -0.15) is 0 Å². The third-order valence-electron chi connectivity index (χ3n) is 5.38. The summed E-state index contributed by atoms with van der Waals surface area (Å²) in [6.45, 7) is 0.700. The normalized spacial score (nSPS) is 12.8. The molecule has 3 aromatic carbocycles.